The van der Waals surface area contributed by atoms with E-state index in [1.165, 1.54) is 15.8 Å². The molecule has 0 unspecified atom stereocenters. The molecule has 0 saturated carbocycles. The Morgan fingerprint density at radius 1 is 1.19 bits per heavy atom. The molecule has 1 aliphatic heterocycles. The maximum atomic E-state index is 14.0. The van der Waals surface area contributed by atoms with Gasteiger partial charge in [0.2, 0.25) is 0 Å². The van der Waals surface area contributed by atoms with E-state index in [1.54, 1.807) is 24.5 Å². The molecule has 1 aliphatic rings. The van der Waals surface area contributed by atoms with E-state index >= 15 is 0 Å². The average Bonchev–Trinajstić information content (AvgIpc) is 3.13. The maximum absolute atomic E-state index is 14.0. The number of amides is 2. The zero-order valence-electron chi connectivity index (χ0n) is 14.0. The van der Waals surface area contributed by atoms with Crippen LogP contribution in [0.3, 0.4) is 0 Å². The van der Waals surface area contributed by atoms with Gasteiger partial charge in [0.25, 0.3) is 0 Å². The van der Waals surface area contributed by atoms with Gasteiger partial charge in [-0.05, 0) is 36.2 Å². The molecule has 3 aromatic rings. The first kappa shape index (κ1) is 17.4. The van der Waals surface area contributed by atoms with Crippen LogP contribution in [-0.2, 0) is 13.0 Å². The van der Waals surface area contributed by atoms with Gasteiger partial charge >= 0.3 is 6.03 Å². The minimum atomic E-state index is -0.512. The first-order valence-corrected chi connectivity index (χ1v) is 8.58. The molecule has 0 bridgehead atoms. The van der Waals surface area contributed by atoms with E-state index in [2.05, 4.69) is 15.4 Å². The van der Waals surface area contributed by atoms with Crippen molar-refractivity contribution in [2.75, 3.05) is 11.9 Å². The van der Waals surface area contributed by atoms with Crippen molar-refractivity contribution < 1.29 is 13.6 Å². The van der Waals surface area contributed by atoms with Crippen molar-refractivity contribution >= 4 is 23.3 Å². The number of aromatic nitrogens is 3. The van der Waals surface area contributed by atoms with Gasteiger partial charge in [0.15, 0.2) is 5.82 Å². The van der Waals surface area contributed by atoms with E-state index in [-0.39, 0.29) is 18.5 Å². The summed E-state index contributed by atoms with van der Waals surface area (Å²) in [5.74, 6) is -0.523. The number of carbonyl (C=O) groups is 1. The Bertz CT molecular complexity index is 1020. The average molecular weight is 390 g/mol. The quantitative estimate of drug-likeness (QED) is 0.725. The number of pyridine rings is 1. The summed E-state index contributed by atoms with van der Waals surface area (Å²) in [5, 5.41) is 7.26. The fraction of sp³-hybridized carbons (Fsp3) is 0.167. The lowest BCUT2D eigenvalue weighted by Gasteiger charge is -2.29. The van der Waals surface area contributed by atoms with Crippen molar-refractivity contribution in [1.29, 1.82) is 0 Å². The summed E-state index contributed by atoms with van der Waals surface area (Å²) >= 11 is 6.09. The number of hydrogen-bond acceptors (Lipinski definition) is 3. The Balaban J connectivity index is 1.49. The number of benzene rings is 1. The van der Waals surface area contributed by atoms with Crippen molar-refractivity contribution in [3.8, 4) is 5.82 Å². The molecular weight excluding hydrogens is 376 g/mol. The number of hydrogen-bond donors (Lipinski definition) is 1. The molecule has 3 heterocycles. The van der Waals surface area contributed by atoms with Crippen LogP contribution in [0.25, 0.3) is 5.82 Å². The Labute approximate surface area is 158 Å². The Hall–Kier alpha value is -3.00. The molecule has 1 aromatic carbocycles. The normalized spacial score (nSPS) is 13.4. The second kappa shape index (κ2) is 6.96. The van der Waals surface area contributed by atoms with Gasteiger partial charge in [-0.25, -0.2) is 23.2 Å². The van der Waals surface area contributed by atoms with E-state index in [4.69, 9.17) is 11.6 Å². The minimum Gasteiger partial charge on any atom is -0.320 e. The van der Waals surface area contributed by atoms with Crippen molar-refractivity contribution in [2.45, 2.75) is 13.0 Å². The molecule has 0 saturated heterocycles. The third-order valence-electron chi connectivity index (χ3n) is 4.37. The van der Waals surface area contributed by atoms with E-state index < -0.39 is 17.7 Å². The number of rotatable bonds is 2. The van der Waals surface area contributed by atoms with Crippen LogP contribution < -0.4 is 5.32 Å². The van der Waals surface area contributed by atoms with E-state index in [0.717, 1.165) is 12.1 Å². The maximum Gasteiger partial charge on any atom is 0.322 e. The highest BCUT2D eigenvalue weighted by Crippen LogP contribution is 2.25. The molecule has 9 heteroatoms. The Kier molecular flexibility index (Phi) is 4.49. The molecular formula is C18H14ClF2N5O. The fourth-order valence-electron chi connectivity index (χ4n) is 3.02. The Morgan fingerprint density at radius 3 is 2.74 bits per heavy atom. The lowest BCUT2D eigenvalue weighted by atomic mass is 9.99. The second-order valence-corrected chi connectivity index (χ2v) is 6.48. The largest absolute Gasteiger partial charge is 0.322 e. The van der Waals surface area contributed by atoms with Crippen LogP contribution >= 0.6 is 11.6 Å². The van der Waals surface area contributed by atoms with Gasteiger partial charge in [-0.15, -0.1) is 0 Å². The summed E-state index contributed by atoms with van der Waals surface area (Å²) in [4.78, 5) is 18.1. The van der Waals surface area contributed by atoms with Gasteiger partial charge in [0, 0.05) is 18.3 Å². The van der Waals surface area contributed by atoms with Crippen molar-refractivity contribution in [1.82, 2.24) is 19.7 Å². The van der Waals surface area contributed by atoms with Crippen LogP contribution in [0.1, 0.15) is 11.1 Å². The first-order valence-electron chi connectivity index (χ1n) is 8.20. The molecule has 1 N–H and O–H groups in total. The lowest BCUT2D eigenvalue weighted by Crippen LogP contribution is -2.39. The standard InChI is InChI=1S/C18H14ClF2N5O/c19-14-2-1-6-22-17(14)26-9-11(8-23-26)24-18(27)25-7-5-12-13(10-25)16(21)4-3-15(12)20/h1-4,6,8-9H,5,7,10H2,(H,24,27). The van der Waals surface area contributed by atoms with Crippen LogP contribution in [0.4, 0.5) is 19.3 Å². The van der Waals surface area contributed by atoms with Gasteiger partial charge in [-0.2, -0.15) is 5.10 Å². The fourth-order valence-corrected chi connectivity index (χ4v) is 3.23. The third kappa shape index (κ3) is 3.35. The van der Waals surface area contributed by atoms with E-state index in [0.29, 0.717) is 28.6 Å². The Morgan fingerprint density at radius 2 is 1.96 bits per heavy atom. The van der Waals surface area contributed by atoms with Crippen molar-refractivity contribution in [3.63, 3.8) is 0 Å². The summed E-state index contributed by atoms with van der Waals surface area (Å²) in [6, 6.07) is 5.16. The predicted molar refractivity (Wildman–Crippen MR) is 95.9 cm³/mol. The molecule has 4 rings (SSSR count). The van der Waals surface area contributed by atoms with Crippen LogP contribution in [0, 0.1) is 11.6 Å². The molecule has 0 radical (unpaired) electrons. The van der Waals surface area contributed by atoms with Crippen molar-refractivity contribution in [3.05, 3.63) is 70.6 Å². The van der Waals surface area contributed by atoms with Crippen LogP contribution in [0.2, 0.25) is 5.02 Å². The molecule has 6 nitrogen and oxygen atoms in total. The number of carbonyl (C=O) groups excluding carboxylic acids is 1. The zero-order chi connectivity index (χ0) is 19.0. The molecule has 0 aliphatic carbocycles. The summed E-state index contributed by atoms with van der Waals surface area (Å²) < 4.78 is 29.2. The van der Waals surface area contributed by atoms with Gasteiger partial charge < -0.3 is 10.2 Å². The monoisotopic (exact) mass is 389 g/mol. The molecule has 0 spiro atoms. The highest BCUT2D eigenvalue weighted by atomic mass is 35.5. The number of urea groups is 1. The highest BCUT2D eigenvalue weighted by Gasteiger charge is 2.25. The zero-order valence-corrected chi connectivity index (χ0v) is 14.7. The molecule has 2 amide bonds. The number of halogens is 3. The molecule has 27 heavy (non-hydrogen) atoms. The van der Waals surface area contributed by atoms with Crippen LogP contribution in [0.15, 0.2) is 42.9 Å². The van der Waals surface area contributed by atoms with Gasteiger partial charge in [-0.3, -0.25) is 0 Å². The molecule has 0 fully saturated rings. The number of nitrogens with zero attached hydrogens (tertiary/aromatic N) is 4. The second-order valence-electron chi connectivity index (χ2n) is 6.07. The highest BCUT2D eigenvalue weighted by molar-refractivity contribution is 6.32. The topological polar surface area (TPSA) is 63.1 Å². The van der Waals surface area contributed by atoms with Crippen LogP contribution in [-0.4, -0.2) is 32.2 Å². The SMILES string of the molecule is O=C(Nc1cnn(-c2ncccc2Cl)c1)N1CCc2c(F)ccc(F)c2C1. The summed E-state index contributed by atoms with van der Waals surface area (Å²) in [5.41, 5.74) is 0.983. The number of anilines is 1. The third-order valence-corrected chi connectivity index (χ3v) is 4.67. The minimum absolute atomic E-state index is 0.00493. The number of nitrogens with one attached hydrogen (secondary N) is 1. The number of fused-ring (bicyclic) bond motifs is 1. The van der Waals surface area contributed by atoms with E-state index in [9.17, 15) is 13.6 Å². The van der Waals surface area contributed by atoms with Gasteiger partial charge in [0.05, 0.1) is 29.6 Å². The smallest absolute Gasteiger partial charge is 0.320 e. The van der Waals surface area contributed by atoms with Gasteiger partial charge in [0.1, 0.15) is 11.6 Å². The predicted octanol–water partition coefficient (Wildman–Crippen LogP) is 3.79. The van der Waals surface area contributed by atoms with Crippen molar-refractivity contribution in [2.24, 2.45) is 0 Å². The summed E-state index contributed by atoms with van der Waals surface area (Å²) in [7, 11) is 0. The van der Waals surface area contributed by atoms with Crippen LogP contribution in [0.5, 0.6) is 0 Å². The molecule has 0 atom stereocenters. The summed E-state index contributed by atoms with van der Waals surface area (Å²) in [6.45, 7) is 0.296. The molecule has 138 valence electrons. The molecule has 2 aromatic heterocycles. The van der Waals surface area contributed by atoms with E-state index in [1.807, 2.05) is 0 Å². The first-order chi connectivity index (χ1) is 13.0. The lowest BCUT2D eigenvalue weighted by molar-refractivity contribution is 0.204. The van der Waals surface area contributed by atoms with Gasteiger partial charge in [-0.1, -0.05) is 11.6 Å². The summed E-state index contributed by atoms with van der Waals surface area (Å²) in [6.07, 6.45) is 4.88.